The zero-order valence-electron chi connectivity index (χ0n) is 14.5. The lowest BCUT2D eigenvalue weighted by atomic mass is 10.2. The number of thioether (sulfide) groups is 1. The van der Waals surface area contributed by atoms with Crippen LogP contribution in [0.25, 0.3) is 0 Å². The maximum absolute atomic E-state index is 12.3. The molecule has 132 valence electrons. The zero-order valence-corrected chi connectivity index (χ0v) is 15.4. The number of rotatable bonds is 7. The minimum atomic E-state index is -0.367. The third-order valence-corrected chi connectivity index (χ3v) is 4.68. The van der Waals surface area contributed by atoms with Gasteiger partial charge in [0.1, 0.15) is 5.75 Å². The van der Waals surface area contributed by atoms with E-state index in [1.54, 1.807) is 26.2 Å². The molecule has 0 aliphatic carbocycles. The molecule has 0 aliphatic rings. The van der Waals surface area contributed by atoms with Crippen molar-refractivity contribution in [1.29, 1.82) is 0 Å². The molecule has 0 saturated carbocycles. The first-order valence-corrected chi connectivity index (χ1v) is 8.96. The van der Waals surface area contributed by atoms with E-state index in [-0.39, 0.29) is 22.8 Å². The highest BCUT2D eigenvalue weighted by Gasteiger charge is 2.16. The summed E-state index contributed by atoms with van der Waals surface area (Å²) in [4.78, 5) is 24.3. The summed E-state index contributed by atoms with van der Waals surface area (Å²) >= 11 is 1.28. The molecule has 25 heavy (non-hydrogen) atoms. The summed E-state index contributed by atoms with van der Waals surface area (Å²) in [5.74, 6) is 0.502. The highest BCUT2D eigenvalue weighted by atomic mass is 32.2. The van der Waals surface area contributed by atoms with E-state index in [2.05, 4.69) is 10.6 Å². The number of methoxy groups -OCH3 is 1. The standard InChI is InChI=1S/C19H22N2O3S/c1-13-8-10-15(11-9-13)20-18(22)12-25-14(2)19(23)21-16-6-4-5-7-17(16)24-3/h4-11,14H,12H2,1-3H3,(H,20,22)(H,21,23)/t14-/m1/s1. The molecule has 0 radical (unpaired) electrons. The van der Waals surface area contributed by atoms with Gasteiger partial charge in [-0.3, -0.25) is 9.59 Å². The predicted octanol–water partition coefficient (Wildman–Crippen LogP) is 3.70. The van der Waals surface area contributed by atoms with Gasteiger partial charge in [-0.05, 0) is 38.1 Å². The van der Waals surface area contributed by atoms with Gasteiger partial charge in [-0.2, -0.15) is 0 Å². The third kappa shape index (κ3) is 5.83. The second-order valence-electron chi connectivity index (χ2n) is 5.56. The lowest BCUT2D eigenvalue weighted by molar-refractivity contribution is -0.115. The number of aryl methyl sites for hydroxylation is 1. The molecule has 0 spiro atoms. The van der Waals surface area contributed by atoms with E-state index in [0.717, 1.165) is 11.3 Å². The molecule has 2 amide bonds. The van der Waals surface area contributed by atoms with Gasteiger partial charge >= 0.3 is 0 Å². The summed E-state index contributed by atoms with van der Waals surface area (Å²) in [6.07, 6.45) is 0. The van der Waals surface area contributed by atoms with Crippen molar-refractivity contribution in [3.05, 3.63) is 54.1 Å². The van der Waals surface area contributed by atoms with Crippen molar-refractivity contribution in [3.8, 4) is 5.75 Å². The average molecular weight is 358 g/mol. The van der Waals surface area contributed by atoms with Crippen molar-refractivity contribution in [2.75, 3.05) is 23.5 Å². The van der Waals surface area contributed by atoms with Gasteiger partial charge in [0, 0.05) is 5.69 Å². The van der Waals surface area contributed by atoms with Gasteiger partial charge in [0.2, 0.25) is 11.8 Å². The lowest BCUT2D eigenvalue weighted by Gasteiger charge is -2.14. The summed E-state index contributed by atoms with van der Waals surface area (Å²) in [5, 5.41) is 5.28. The fraction of sp³-hybridized carbons (Fsp3) is 0.263. The average Bonchev–Trinajstić information content (AvgIpc) is 2.62. The molecule has 2 N–H and O–H groups in total. The Labute approximate surface area is 152 Å². The highest BCUT2D eigenvalue weighted by Crippen LogP contribution is 2.24. The van der Waals surface area contributed by atoms with E-state index >= 15 is 0 Å². The van der Waals surface area contributed by atoms with Gasteiger partial charge in [-0.1, -0.05) is 29.8 Å². The molecule has 1 atom stereocenters. The number of hydrogen-bond donors (Lipinski definition) is 2. The molecular weight excluding hydrogens is 336 g/mol. The van der Waals surface area contributed by atoms with Crippen LogP contribution in [0.3, 0.4) is 0 Å². The fourth-order valence-electron chi connectivity index (χ4n) is 2.09. The molecule has 2 aromatic carbocycles. The summed E-state index contributed by atoms with van der Waals surface area (Å²) < 4.78 is 5.21. The smallest absolute Gasteiger partial charge is 0.237 e. The second-order valence-corrected chi connectivity index (χ2v) is 6.89. The van der Waals surface area contributed by atoms with Gasteiger partial charge in [0.25, 0.3) is 0 Å². The number of ether oxygens (including phenoxy) is 1. The minimum absolute atomic E-state index is 0.134. The summed E-state index contributed by atoms with van der Waals surface area (Å²) in [5.41, 5.74) is 2.50. The molecule has 0 heterocycles. The molecule has 0 unspecified atom stereocenters. The Morgan fingerprint density at radius 1 is 1.08 bits per heavy atom. The molecule has 0 aromatic heterocycles. The van der Waals surface area contributed by atoms with E-state index in [1.165, 1.54) is 11.8 Å². The predicted molar refractivity (Wildman–Crippen MR) is 103 cm³/mol. The van der Waals surface area contributed by atoms with Crippen LogP contribution in [0.5, 0.6) is 5.75 Å². The number of amides is 2. The Kier molecular flexibility index (Phi) is 6.89. The van der Waals surface area contributed by atoms with Gasteiger partial charge < -0.3 is 15.4 Å². The largest absolute Gasteiger partial charge is 0.495 e. The molecule has 0 saturated heterocycles. The number of carbonyl (C=O) groups is 2. The summed E-state index contributed by atoms with van der Waals surface area (Å²) in [7, 11) is 1.55. The van der Waals surface area contributed by atoms with Crippen LogP contribution < -0.4 is 15.4 Å². The highest BCUT2D eigenvalue weighted by molar-refractivity contribution is 8.01. The monoisotopic (exact) mass is 358 g/mol. The van der Waals surface area contributed by atoms with Crippen LogP contribution in [0.2, 0.25) is 0 Å². The first-order chi connectivity index (χ1) is 12.0. The maximum Gasteiger partial charge on any atom is 0.237 e. The van der Waals surface area contributed by atoms with Crippen LogP contribution in [0, 0.1) is 6.92 Å². The maximum atomic E-state index is 12.3. The summed E-state index contributed by atoms with van der Waals surface area (Å²) in [6.45, 7) is 3.76. The Balaban J connectivity index is 1.82. The molecule has 2 aromatic rings. The normalized spacial score (nSPS) is 11.5. The number of carbonyl (C=O) groups excluding carboxylic acids is 2. The third-order valence-electron chi connectivity index (χ3n) is 3.53. The Hall–Kier alpha value is -2.47. The number of hydrogen-bond acceptors (Lipinski definition) is 4. The molecular formula is C19H22N2O3S. The van der Waals surface area contributed by atoms with E-state index in [9.17, 15) is 9.59 Å². The zero-order chi connectivity index (χ0) is 18.2. The summed E-state index contributed by atoms with van der Waals surface area (Å²) in [6, 6.07) is 14.8. The number of anilines is 2. The molecule has 2 rings (SSSR count). The van der Waals surface area contributed by atoms with E-state index in [1.807, 2.05) is 43.3 Å². The van der Waals surface area contributed by atoms with Crippen LogP contribution in [0.15, 0.2) is 48.5 Å². The SMILES string of the molecule is COc1ccccc1NC(=O)[C@@H](C)SCC(=O)Nc1ccc(C)cc1. The van der Waals surface area contributed by atoms with Crippen molar-refractivity contribution in [3.63, 3.8) is 0 Å². The fourth-order valence-corrected chi connectivity index (χ4v) is 2.78. The Bertz CT molecular complexity index is 732. The van der Waals surface area contributed by atoms with Crippen LogP contribution in [0.4, 0.5) is 11.4 Å². The van der Waals surface area contributed by atoms with Gasteiger partial charge in [0.05, 0.1) is 23.8 Å². The van der Waals surface area contributed by atoms with Crippen LogP contribution in [-0.4, -0.2) is 29.9 Å². The number of benzene rings is 2. The lowest BCUT2D eigenvalue weighted by Crippen LogP contribution is -2.25. The molecule has 0 aliphatic heterocycles. The van der Waals surface area contributed by atoms with Gasteiger partial charge in [0.15, 0.2) is 0 Å². The van der Waals surface area contributed by atoms with Crippen molar-refractivity contribution < 1.29 is 14.3 Å². The van der Waals surface area contributed by atoms with E-state index < -0.39 is 0 Å². The van der Waals surface area contributed by atoms with Gasteiger partial charge in [-0.15, -0.1) is 11.8 Å². The minimum Gasteiger partial charge on any atom is -0.495 e. The second kappa shape index (κ2) is 9.13. The van der Waals surface area contributed by atoms with E-state index in [4.69, 9.17) is 4.74 Å². The topological polar surface area (TPSA) is 67.4 Å². The number of para-hydroxylation sites is 2. The molecule has 6 heteroatoms. The first kappa shape index (κ1) is 18.9. The Morgan fingerprint density at radius 2 is 1.76 bits per heavy atom. The van der Waals surface area contributed by atoms with Crippen LogP contribution in [-0.2, 0) is 9.59 Å². The Morgan fingerprint density at radius 3 is 2.44 bits per heavy atom. The molecule has 0 bridgehead atoms. The van der Waals surface area contributed by atoms with Crippen LogP contribution in [0.1, 0.15) is 12.5 Å². The van der Waals surface area contributed by atoms with Crippen molar-refractivity contribution in [2.24, 2.45) is 0 Å². The quantitative estimate of drug-likeness (QED) is 0.792. The van der Waals surface area contributed by atoms with E-state index in [0.29, 0.717) is 11.4 Å². The number of nitrogens with one attached hydrogen (secondary N) is 2. The first-order valence-electron chi connectivity index (χ1n) is 7.91. The van der Waals surface area contributed by atoms with Crippen molar-refractivity contribution in [1.82, 2.24) is 0 Å². The van der Waals surface area contributed by atoms with Gasteiger partial charge in [-0.25, -0.2) is 0 Å². The molecule has 0 fully saturated rings. The van der Waals surface area contributed by atoms with Crippen molar-refractivity contribution in [2.45, 2.75) is 19.1 Å². The van der Waals surface area contributed by atoms with Crippen molar-refractivity contribution >= 4 is 35.0 Å². The molecule has 5 nitrogen and oxygen atoms in total. The van der Waals surface area contributed by atoms with Crippen LogP contribution >= 0.6 is 11.8 Å².